The highest BCUT2D eigenvalue weighted by Crippen LogP contribution is 2.28. The molecule has 2 heterocycles. The van der Waals surface area contributed by atoms with Gasteiger partial charge in [0.1, 0.15) is 17.0 Å². The number of hydrogen-bond acceptors (Lipinski definition) is 4. The molecule has 0 spiro atoms. The molecule has 130 valence electrons. The maximum Gasteiger partial charge on any atom is 0.262 e. The van der Waals surface area contributed by atoms with Gasteiger partial charge in [0.15, 0.2) is 5.65 Å². The minimum atomic E-state index is -0.230. The second-order valence-corrected chi connectivity index (χ2v) is 6.21. The lowest BCUT2D eigenvalue weighted by Gasteiger charge is -2.13. The van der Waals surface area contributed by atoms with Crippen LogP contribution in [0.15, 0.2) is 65.6 Å². The number of nitrogens with one attached hydrogen (secondary N) is 1. The summed E-state index contributed by atoms with van der Waals surface area (Å²) in [5.41, 5.74) is 1.86. The third-order valence-electron chi connectivity index (χ3n) is 3.94. The van der Waals surface area contributed by atoms with Crippen molar-refractivity contribution in [1.82, 2.24) is 19.7 Å². The van der Waals surface area contributed by atoms with Gasteiger partial charge in [0, 0.05) is 0 Å². The maximum atomic E-state index is 12.6. The molecule has 4 rings (SSSR count). The van der Waals surface area contributed by atoms with E-state index in [-0.39, 0.29) is 11.7 Å². The van der Waals surface area contributed by atoms with Gasteiger partial charge in [0.25, 0.3) is 5.56 Å². The van der Waals surface area contributed by atoms with Crippen molar-refractivity contribution in [1.29, 1.82) is 0 Å². The Morgan fingerprint density at radius 1 is 1.04 bits per heavy atom. The largest absolute Gasteiger partial charge is 0.490 e. The van der Waals surface area contributed by atoms with Crippen LogP contribution in [-0.2, 0) is 0 Å². The van der Waals surface area contributed by atoms with Gasteiger partial charge in [-0.3, -0.25) is 4.79 Å². The molecular weight excluding hydrogens is 328 g/mol. The predicted octanol–water partition coefficient (Wildman–Crippen LogP) is 3.56. The first-order valence-corrected chi connectivity index (χ1v) is 8.43. The van der Waals surface area contributed by atoms with Crippen LogP contribution in [-0.4, -0.2) is 25.9 Å². The molecule has 6 heteroatoms. The van der Waals surface area contributed by atoms with Gasteiger partial charge in [0.2, 0.25) is 0 Å². The molecule has 0 unspecified atom stereocenters. The number of nitrogens with zero attached hydrogens (tertiary/aromatic N) is 3. The molecule has 0 saturated heterocycles. The average Bonchev–Trinajstić information content (AvgIpc) is 3.07. The molecule has 0 fully saturated rings. The van der Waals surface area contributed by atoms with E-state index in [2.05, 4.69) is 15.1 Å². The summed E-state index contributed by atoms with van der Waals surface area (Å²) in [6.45, 7) is 3.92. The zero-order chi connectivity index (χ0) is 18.1. The van der Waals surface area contributed by atoms with Gasteiger partial charge < -0.3 is 9.72 Å². The van der Waals surface area contributed by atoms with Gasteiger partial charge in [-0.15, -0.1) is 0 Å². The highest BCUT2D eigenvalue weighted by molar-refractivity contribution is 5.78. The lowest BCUT2D eigenvalue weighted by Crippen LogP contribution is -2.12. The minimum Gasteiger partial charge on any atom is -0.490 e. The van der Waals surface area contributed by atoms with Crippen LogP contribution >= 0.6 is 0 Å². The summed E-state index contributed by atoms with van der Waals surface area (Å²) in [5.74, 6) is 1.13. The van der Waals surface area contributed by atoms with Crippen LogP contribution in [0.1, 0.15) is 13.8 Å². The van der Waals surface area contributed by atoms with Crippen LogP contribution in [0.25, 0.3) is 28.1 Å². The van der Waals surface area contributed by atoms with Gasteiger partial charge in [-0.1, -0.05) is 30.3 Å². The first-order valence-electron chi connectivity index (χ1n) is 8.43. The first kappa shape index (κ1) is 16.1. The molecule has 0 radical (unpaired) electrons. The number of para-hydroxylation sites is 2. The molecular formula is C20H18N4O2. The van der Waals surface area contributed by atoms with E-state index in [9.17, 15) is 4.79 Å². The molecule has 2 aromatic carbocycles. The second-order valence-electron chi connectivity index (χ2n) is 6.21. The van der Waals surface area contributed by atoms with E-state index < -0.39 is 0 Å². The Labute approximate surface area is 150 Å². The van der Waals surface area contributed by atoms with E-state index in [0.29, 0.717) is 22.6 Å². The van der Waals surface area contributed by atoms with Crippen molar-refractivity contribution < 1.29 is 4.74 Å². The highest BCUT2D eigenvalue weighted by Gasteiger charge is 2.15. The number of rotatable bonds is 4. The van der Waals surface area contributed by atoms with Crippen LogP contribution in [0.2, 0.25) is 0 Å². The molecule has 0 aliphatic rings. The summed E-state index contributed by atoms with van der Waals surface area (Å²) in [6, 6.07) is 17.1. The Kier molecular flexibility index (Phi) is 4.01. The van der Waals surface area contributed by atoms with E-state index in [1.165, 1.54) is 6.20 Å². The summed E-state index contributed by atoms with van der Waals surface area (Å²) in [4.78, 5) is 20.1. The van der Waals surface area contributed by atoms with Gasteiger partial charge in [-0.25, -0.2) is 9.67 Å². The molecule has 26 heavy (non-hydrogen) atoms. The molecule has 2 aromatic heterocycles. The quantitative estimate of drug-likeness (QED) is 0.613. The maximum absolute atomic E-state index is 12.6. The van der Waals surface area contributed by atoms with E-state index >= 15 is 0 Å². The van der Waals surface area contributed by atoms with Crippen molar-refractivity contribution >= 4 is 11.0 Å². The number of ether oxygens (including phenoxy) is 1. The van der Waals surface area contributed by atoms with Gasteiger partial charge in [-0.2, -0.15) is 5.10 Å². The normalized spacial score (nSPS) is 11.2. The van der Waals surface area contributed by atoms with E-state index in [1.807, 2.05) is 68.4 Å². The van der Waals surface area contributed by atoms with Crippen molar-refractivity contribution in [3.05, 3.63) is 71.1 Å². The lowest BCUT2D eigenvalue weighted by atomic mass is 10.2. The molecule has 0 bridgehead atoms. The zero-order valence-electron chi connectivity index (χ0n) is 14.5. The summed E-state index contributed by atoms with van der Waals surface area (Å²) < 4.78 is 7.53. The Morgan fingerprint density at radius 3 is 2.54 bits per heavy atom. The monoisotopic (exact) mass is 346 g/mol. The number of aromatic amines is 1. The van der Waals surface area contributed by atoms with Crippen molar-refractivity contribution in [2.45, 2.75) is 20.0 Å². The van der Waals surface area contributed by atoms with Gasteiger partial charge in [0.05, 0.1) is 23.6 Å². The van der Waals surface area contributed by atoms with Crippen molar-refractivity contribution in [2.24, 2.45) is 0 Å². The number of H-pyrrole nitrogens is 1. The Bertz CT molecular complexity index is 1110. The van der Waals surface area contributed by atoms with Crippen LogP contribution in [0.3, 0.4) is 0 Å². The first-order chi connectivity index (χ1) is 12.6. The number of aromatic nitrogens is 4. The Balaban J connectivity index is 1.92. The second kappa shape index (κ2) is 6.48. The standard InChI is InChI=1S/C20H18N4O2/c1-13(2)26-17-11-7-6-10-15(17)18-22-19-16(20(25)23-18)12-21-24(19)14-8-4-3-5-9-14/h3-13H,1-2H3,(H,22,23,25). The smallest absolute Gasteiger partial charge is 0.262 e. The molecule has 0 atom stereocenters. The number of hydrogen-bond donors (Lipinski definition) is 1. The molecule has 6 nitrogen and oxygen atoms in total. The topological polar surface area (TPSA) is 72.8 Å². The van der Waals surface area contributed by atoms with E-state index in [4.69, 9.17) is 4.74 Å². The Morgan fingerprint density at radius 2 is 1.77 bits per heavy atom. The molecule has 1 N–H and O–H groups in total. The van der Waals surface area contributed by atoms with Crippen LogP contribution < -0.4 is 10.3 Å². The average molecular weight is 346 g/mol. The predicted molar refractivity (Wildman–Crippen MR) is 101 cm³/mol. The van der Waals surface area contributed by atoms with E-state index in [0.717, 1.165) is 11.3 Å². The van der Waals surface area contributed by atoms with Crippen LogP contribution in [0, 0.1) is 0 Å². The third-order valence-corrected chi connectivity index (χ3v) is 3.94. The van der Waals surface area contributed by atoms with Crippen molar-refractivity contribution in [2.75, 3.05) is 0 Å². The van der Waals surface area contributed by atoms with E-state index in [1.54, 1.807) is 4.68 Å². The molecule has 0 aliphatic carbocycles. The number of fused-ring (bicyclic) bond motifs is 1. The fourth-order valence-electron chi connectivity index (χ4n) is 2.82. The molecule has 4 aromatic rings. The van der Waals surface area contributed by atoms with Crippen molar-refractivity contribution in [3.63, 3.8) is 0 Å². The fraction of sp³-hybridized carbons (Fsp3) is 0.150. The minimum absolute atomic E-state index is 0.0152. The molecule has 0 saturated carbocycles. The number of benzene rings is 2. The van der Waals surface area contributed by atoms with Crippen LogP contribution in [0.5, 0.6) is 5.75 Å². The zero-order valence-corrected chi connectivity index (χ0v) is 14.5. The summed E-state index contributed by atoms with van der Waals surface area (Å²) in [5, 5.41) is 4.78. The summed E-state index contributed by atoms with van der Waals surface area (Å²) in [6.07, 6.45) is 1.55. The lowest BCUT2D eigenvalue weighted by molar-refractivity contribution is 0.243. The van der Waals surface area contributed by atoms with Gasteiger partial charge in [-0.05, 0) is 38.1 Å². The summed E-state index contributed by atoms with van der Waals surface area (Å²) in [7, 11) is 0. The SMILES string of the molecule is CC(C)Oc1ccccc1-c1nc2c(cnn2-c2ccccc2)c(=O)[nH]1. The fourth-order valence-corrected chi connectivity index (χ4v) is 2.82. The van der Waals surface area contributed by atoms with Crippen molar-refractivity contribution in [3.8, 4) is 22.8 Å². The van der Waals surface area contributed by atoms with Gasteiger partial charge >= 0.3 is 0 Å². The molecule has 0 amide bonds. The molecule has 0 aliphatic heterocycles. The Hall–Kier alpha value is -3.41. The highest BCUT2D eigenvalue weighted by atomic mass is 16.5. The van der Waals surface area contributed by atoms with Crippen LogP contribution in [0.4, 0.5) is 0 Å². The summed E-state index contributed by atoms with van der Waals surface area (Å²) >= 11 is 0. The third kappa shape index (κ3) is 2.86.